The van der Waals surface area contributed by atoms with Crippen LogP contribution in [0.5, 0.6) is 6.01 Å². The number of benzene rings is 1. The summed E-state index contributed by atoms with van der Waals surface area (Å²) in [4.78, 5) is 6.99. The first-order valence-electron chi connectivity index (χ1n) is 8.40. The van der Waals surface area contributed by atoms with Crippen molar-refractivity contribution in [3.05, 3.63) is 47.5 Å². The standard InChI is InChI=1S/C17H17F4N3O3S/c1-11-9-12(18)4-5-14(11)28(25,26)24-8-2-3-13(10-24)27-16-22-7-6-15(23-16)17(19,20)21/h4-7,9,13H,2-3,8,10H2,1H3. The zero-order chi connectivity index (χ0) is 20.5. The van der Waals surface area contributed by atoms with Crippen LogP contribution in [0.3, 0.4) is 0 Å². The zero-order valence-electron chi connectivity index (χ0n) is 14.8. The summed E-state index contributed by atoms with van der Waals surface area (Å²) >= 11 is 0. The lowest BCUT2D eigenvalue weighted by molar-refractivity contribution is -0.141. The molecule has 1 aromatic carbocycles. The van der Waals surface area contributed by atoms with Gasteiger partial charge in [0.2, 0.25) is 10.0 Å². The number of rotatable bonds is 4. The van der Waals surface area contributed by atoms with Gasteiger partial charge in [0, 0.05) is 12.7 Å². The minimum absolute atomic E-state index is 0.0233. The smallest absolute Gasteiger partial charge is 0.433 e. The van der Waals surface area contributed by atoms with Gasteiger partial charge in [0.25, 0.3) is 0 Å². The molecule has 1 aliphatic rings. The maximum atomic E-state index is 13.3. The predicted molar refractivity (Wildman–Crippen MR) is 90.6 cm³/mol. The first kappa shape index (κ1) is 20.5. The molecular weight excluding hydrogens is 402 g/mol. The van der Waals surface area contributed by atoms with Gasteiger partial charge in [0.15, 0.2) is 5.69 Å². The Morgan fingerprint density at radius 2 is 2.00 bits per heavy atom. The van der Waals surface area contributed by atoms with Crippen LogP contribution in [-0.4, -0.2) is 41.9 Å². The van der Waals surface area contributed by atoms with Crippen LogP contribution in [0.15, 0.2) is 35.4 Å². The number of hydrogen-bond donors (Lipinski definition) is 0. The molecule has 1 fully saturated rings. The monoisotopic (exact) mass is 419 g/mol. The largest absolute Gasteiger partial charge is 0.459 e. The van der Waals surface area contributed by atoms with E-state index in [-0.39, 0.29) is 23.5 Å². The van der Waals surface area contributed by atoms with Crippen molar-refractivity contribution < 1.29 is 30.7 Å². The number of nitrogens with zero attached hydrogens (tertiary/aromatic N) is 3. The zero-order valence-corrected chi connectivity index (χ0v) is 15.6. The van der Waals surface area contributed by atoms with Crippen molar-refractivity contribution in [2.24, 2.45) is 0 Å². The minimum Gasteiger partial charge on any atom is -0.459 e. The molecule has 0 radical (unpaired) electrons. The molecule has 11 heteroatoms. The number of ether oxygens (including phenoxy) is 1. The van der Waals surface area contributed by atoms with E-state index >= 15 is 0 Å². The summed E-state index contributed by atoms with van der Waals surface area (Å²) in [6.45, 7) is 1.64. The van der Waals surface area contributed by atoms with Crippen LogP contribution >= 0.6 is 0 Å². The number of aryl methyl sites for hydroxylation is 1. The molecule has 1 aliphatic heterocycles. The number of halogens is 4. The van der Waals surface area contributed by atoms with Gasteiger partial charge in [-0.25, -0.2) is 17.8 Å². The van der Waals surface area contributed by atoms with Crippen LogP contribution in [0.1, 0.15) is 24.1 Å². The molecule has 28 heavy (non-hydrogen) atoms. The molecule has 2 aromatic rings. The molecule has 152 valence electrons. The van der Waals surface area contributed by atoms with Gasteiger partial charge in [-0.3, -0.25) is 0 Å². The number of hydrogen-bond acceptors (Lipinski definition) is 5. The highest BCUT2D eigenvalue weighted by Gasteiger charge is 2.35. The van der Waals surface area contributed by atoms with Crippen LogP contribution in [0.4, 0.5) is 17.6 Å². The maximum Gasteiger partial charge on any atom is 0.433 e. The van der Waals surface area contributed by atoms with Crippen LogP contribution in [0, 0.1) is 12.7 Å². The Kier molecular flexibility index (Phi) is 5.57. The van der Waals surface area contributed by atoms with Crippen molar-refractivity contribution in [3.8, 4) is 6.01 Å². The number of aromatic nitrogens is 2. The average molecular weight is 419 g/mol. The van der Waals surface area contributed by atoms with Crippen LogP contribution in [-0.2, 0) is 16.2 Å². The SMILES string of the molecule is Cc1cc(F)ccc1S(=O)(=O)N1CCCC(Oc2nccc(C(F)(F)F)n2)C1. The Labute approximate surface area is 159 Å². The Balaban J connectivity index is 1.77. The summed E-state index contributed by atoms with van der Waals surface area (Å²) in [6, 6.07) is 3.65. The first-order chi connectivity index (χ1) is 13.1. The molecular formula is C17H17F4N3O3S. The fraction of sp³-hybridized carbons (Fsp3) is 0.412. The topological polar surface area (TPSA) is 72.4 Å². The minimum atomic E-state index is -4.64. The van der Waals surface area contributed by atoms with Gasteiger partial charge in [-0.2, -0.15) is 22.5 Å². The van der Waals surface area contributed by atoms with Crippen molar-refractivity contribution in [3.63, 3.8) is 0 Å². The van der Waals surface area contributed by atoms with Crippen LogP contribution < -0.4 is 4.74 Å². The van der Waals surface area contributed by atoms with Crippen molar-refractivity contribution in [1.29, 1.82) is 0 Å². The summed E-state index contributed by atoms with van der Waals surface area (Å²) in [7, 11) is -3.90. The fourth-order valence-electron chi connectivity index (χ4n) is 2.97. The Morgan fingerprint density at radius 3 is 2.68 bits per heavy atom. The number of piperidine rings is 1. The Bertz CT molecular complexity index is 966. The lowest BCUT2D eigenvalue weighted by Gasteiger charge is -2.31. The van der Waals surface area contributed by atoms with E-state index in [4.69, 9.17) is 4.74 Å². The third kappa shape index (κ3) is 4.41. The summed E-state index contributed by atoms with van der Waals surface area (Å²) in [5.74, 6) is -0.544. The molecule has 0 bridgehead atoms. The van der Waals surface area contributed by atoms with E-state index in [1.165, 1.54) is 17.3 Å². The molecule has 1 unspecified atom stereocenters. The quantitative estimate of drug-likeness (QED) is 0.712. The van der Waals surface area contributed by atoms with Gasteiger partial charge in [0.1, 0.15) is 11.9 Å². The fourth-order valence-corrected chi connectivity index (χ4v) is 4.68. The molecule has 0 N–H and O–H groups in total. The third-order valence-electron chi connectivity index (χ3n) is 4.29. The summed E-state index contributed by atoms with van der Waals surface area (Å²) < 4.78 is 83.9. The maximum absolute atomic E-state index is 13.3. The normalized spacial score (nSPS) is 18.8. The molecule has 0 saturated carbocycles. The van der Waals surface area contributed by atoms with Crippen molar-refractivity contribution in [2.45, 2.75) is 36.9 Å². The predicted octanol–water partition coefficient (Wildman–Crippen LogP) is 3.18. The molecule has 0 aliphatic carbocycles. The van der Waals surface area contributed by atoms with E-state index in [1.807, 2.05) is 0 Å². The molecule has 3 rings (SSSR count). The molecule has 1 atom stereocenters. The van der Waals surface area contributed by atoms with E-state index in [0.29, 0.717) is 12.8 Å². The Morgan fingerprint density at radius 1 is 1.25 bits per heavy atom. The second kappa shape index (κ2) is 7.63. The number of sulfonamides is 1. The Hall–Kier alpha value is -2.27. The highest BCUT2D eigenvalue weighted by Crippen LogP contribution is 2.29. The van der Waals surface area contributed by atoms with Crippen molar-refractivity contribution in [2.75, 3.05) is 13.1 Å². The lowest BCUT2D eigenvalue weighted by atomic mass is 10.1. The average Bonchev–Trinajstić information content (AvgIpc) is 2.61. The third-order valence-corrected chi connectivity index (χ3v) is 6.32. The van der Waals surface area contributed by atoms with Gasteiger partial charge < -0.3 is 4.74 Å². The van der Waals surface area contributed by atoms with Crippen molar-refractivity contribution in [1.82, 2.24) is 14.3 Å². The summed E-state index contributed by atoms with van der Waals surface area (Å²) in [6.07, 6.45) is -3.52. The molecule has 2 heterocycles. The highest BCUT2D eigenvalue weighted by atomic mass is 32.2. The van der Waals surface area contributed by atoms with E-state index in [0.717, 1.165) is 24.4 Å². The molecule has 1 aromatic heterocycles. The molecule has 1 saturated heterocycles. The van der Waals surface area contributed by atoms with Gasteiger partial charge in [-0.1, -0.05) is 0 Å². The van der Waals surface area contributed by atoms with Gasteiger partial charge >= 0.3 is 12.2 Å². The van der Waals surface area contributed by atoms with E-state index < -0.39 is 39.8 Å². The van der Waals surface area contributed by atoms with E-state index in [1.54, 1.807) is 0 Å². The highest BCUT2D eigenvalue weighted by molar-refractivity contribution is 7.89. The van der Waals surface area contributed by atoms with E-state index in [9.17, 15) is 26.0 Å². The summed E-state index contributed by atoms with van der Waals surface area (Å²) in [5.41, 5.74) is -0.871. The van der Waals surface area contributed by atoms with Crippen LogP contribution in [0.2, 0.25) is 0 Å². The van der Waals surface area contributed by atoms with E-state index in [2.05, 4.69) is 9.97 Å². The number of alkyl halides is 3. The van der Waals surface area contributed by atoms with Gasteiger partial charge in [-0.05, 0) is 49.6 Å². The van der Waals surface area contributed by atoms with Gasteiger partial charge in [-0.15, -0.1) is 0 Å². The molecule has 0 spiro atoms. The van der Waals surface area contributed by atoms with Crippen molar-refractivity contribution >= 4 is 10.0 Å². The van der Waals surface area contributed by atoms with Crippen LogP contribution in [0.25, 0.3) is 0 Å². The first-order valence-corrected chi connectivity index (χ1v) is 9.84. The summed E-state index contributed by atoms with van der Waals surface area (Å²) in [5, 5.41) is 0. The second-order valence-electron chi connectivity index (χ2n) is 6.38. The second-order valence-corrected chi connectivity index (χ2v) is 8.28. The lowest BCUT2D eigenvalue weighted by Crippen LogP contribution is -2.44. The molecule has 0 amide bonds. The van der Waals surface area contributed by atoms with Gasteiger partial charge in [0.05, 0.1) is 11.4 Å². The molecule has 6 nitrogen and oxygen atoms in total.